The first-order valence-electron chi connectivity index (χ1n) is 6.27. The number of hydrogen-bond acceptors (Lipinski definition) is 4. The second-order valence-electron chi connectivity index (χ2n) is 4.85. The number of hydrogen-bond donors (Lipinski definition) is 1. The summed E-state index contributed by atoms with van der Waals surface area (Å²) in [6, 6.07) is 3.20. The third kappa shape index (κ3) is 2.65. The molecule has 108 valence electrons. The van der Waals surface area contributed by atoms with Gasteiger partial charge in [0, 0.05) is 18.5 Å². The molecule has 1 N–H and O–H groups in total. The Bertz CT molecular complexity index is 546. The smallest absolute Gasteiger partial charge is 0.328 e. The van der Waals surface area contributed by atoms with Crippen molar-refractivity contribution in [2.45, 2.75) is 25.5 Å². The van der Waals surface area contributed by atoms with E-state index in [0.717, 1.165) is 0 Å². The number of esters is 1. The summed E-state index contributed by atoms with van der Waals surface area (Å²) in [6.45, 7) is 1.62. The highest BCUT2D eigenvalue weighted by Crippen LogP contribution is 2.22. The molecule has 2 atom stereocenters. The molecule has 1 fully saturated rings. The number of methoxy groups -OCH3 is 1. The van der Waals surface area contributed by atoms with E-state index in [-0.39, 0.29) is 18.5 Å². The molecule has 0 aromatic heterocycles. The standard InChI is InChI=1S/C14H16FNO4/c1-8-5-9(3-4-11(8)15)13(18)16-7-10(17)6-12(16)14(19)20-2/h3-5,10,12,17H,6-7H2,1-2H3. The number of β-amino-alcohol motifs (C(OH)–C–C–N with tert-alkyl or cyclic N) is 1. The van der Waals surface area contributed by atoms with Crippen LogP contribution >= 0.6 is 0 Å². The van der Waals surface area contributed by atoms with Crippen LogP contribution in [0.5, 0.6) is 0 Å². The van der Waals surface area contributed by atoms with Crippen LogP contribution in [0.25, 0.3) is 0 Å². The van der Waals surface area contributed by atoms with E-state index in [9.17, 15) is 19.1 Å². The van der Waals surface area contributed by atoms with Gasteiger partial charge >= 0.3 is 5.97 Å². The summed E-state index contributed by atoms with van der Waals surface area (Å²) in [5.74, 6) is -1.37. The molecule has 1 aromatic rings. The zero-order valence-corrected chi connectivity index (χ0v) is 11.3. The Morgan fingerprint density at radius 3 is 2.75 bits per heavy atom. The lowest BCUT2D eigenvalue weighted by molar-refractivity contribution is -0.145. The van der Waals surface area contributed by atoms with Crippen molar-refractivity contribution in [1.29, 1.82) is 0 Å². The fraction of sp³-hybridized carbons (Fsp3) is 0.429. The molecule has 20 heavy (non-hydrogen) atoms. The number of benzene rings is 1. The monoisotopic (exact) mass is 281 g/mol. The zero-order chi connectivity index (χ0) is 14.9. The minimum atomic E-state index is -0.798. The largest absolute Gasteiger partial charge is 0.467 e. The molecule has 0 bridgehead atoms. The van der Waals surface area contributed by atoms with Crippen molar-refractivity contribution >= 4 is 11.9 Å². The van der Waals surface area contributed by atoms with Gasteiger partial charge in [-0.2, -0.15) is 0 Å². The number of aliphatic hydroxyl groups excluding tert-OH is 1. The number of halogens is 1. The maximum Gasteiger partial charge on any atom is 0.328 e. The van der Waals surface area contributed by atoms with Crippen LogP contribution in [0.1, 0.15) is 22.3 Å². The summed E-state index contributed by atoms with van der Waals surface area (Å²) in [6.07, 6.45) is -0.608. The Balaban J connectivity index is 2.26. The molecule has 1 aliphatic heterocycles. The van der Waals surface area contributed by atoms with Gasteiger partial charge in [0.2, 0.25) is 0 Å². The average Bonchev–Trinajstić information content (AvgIpc) is 2.82. The molecule has 6 heteroatoms. The van der Waals surface area contributed by atoms with Gasteiger partial charge in [0.1, 0.15) is 11.9 Å². The molecule has 2 unspecified atom stereocenters. The third-order valence-electron chi connectivity index (χ3n) is 3.42. The number of aryl methyl sites for hydroxylation is 1. The Hall–Kier alpha value is -1.95. The SMILES string of the molecule is COC(=O)C1CC(O)CN1C(=O)c1ccc(F)c(C)c1. The van der Waals surface area contributed by atoms with Gasteiger partial charge in [-0.1, -0.05) is 0 Å². The molecule has 1 aliphatic rings. The highest BCUT2D eigenvalue weighted by molar-refractivity contribution is 5.97. The van der Waals surface area contributed by atoms with Crippen LogP contribution in [0.3, 0.4) is 0 Å². The summed E-state index contributed by atoms with van der Waals surface area (Å²) in [4.78, 5) is 25.3. The fourth-order valence-electron chi connectivity index (χ4n) is 2.34. The molecule has 1 aromatic carbocycles. The summed E-state index contributed by atoms with van der Waals surface area (Å²) in [5, 5.41) is 9.65. The predicted molar refractivity (Wildman–Crippen MR) is 68.6 cm³/mol. The van der Waals surface area contributed by atoms with Crippen LogP contribution in [0, 0.1) is 12.7 Å². The van der Waals surface area contributed by atoms with Gasteiger partial charge < -0.3 is 14.7 Å². The van der Waals surface area contributed by atoms with Crippen molar-refractivity contribution in [1.82, 2.24) is 4.90 Å². The lowest BCUT2D eigenvalue weighted by Gasteiger charge is -2.22. The number of carbonyl (C=O) groups excluding carboxylic acids is 2. The molecule has 5 nitrogen and oxygen atoms in total. The number of nitrogens with zero attached hydrogens (tertiary/aromatic N) is 1. The van der Waals surface area contributed by atoms with Gasteiger partial charge in [0.15, 0.2) is 0 Å². The molecule has 1 heterocycles. The van der Waals surface area contributed by atoms with Crippen molar-refractivity contribution in [3.8, 4) is 0 Å². The molecule has 2 rings (SSSR count). The van der Waals surface area contributed by atoms with E-state index in [0.29, 0.717) is 5.56 Å². The fourth-order valence-corrected chi connectivity index (χ4v) is 2.34. The number of rotatable bonds is 2. The van der Waals surface area contributed by atoms with Crippen LogP contribution in [0.15, 0.2) is 18.2 Å². The minimum Gasteiger partial charge on any atom is -0.467 e. The second-order valence-corrected chi connectivity index (χ2v) is 4.85. The van der Waals surface area contributed by atoms with Gasteiger partial charge in [-0.25, -0.2) is 9.18 Å². The molecular formula is C14H16FNO4. The zero-order valence-electron chi connectivity index (χ0n) is 11.3. The first kappa shape index (κ1) is 14.5. The van der Waals surface area contributed by atoms with E-state index in [1.165, 1.54) is 30.2 Å². The molecular weight excluding hydrogens is 265 g/mol. The molecule has 0 aliphatic carbocycles. The Morgan fingerprint density at radius 1 is 1.45 bits per heavy atom. The van der Waals surface area contributed by atoms with Crippen molar-refractivity contribution in [3.63, 3.8) is 0 Å². The Labute approximate surface area is 116 Å². The van der Waals surface area contributed by atoms with Crippen LogP contribution < -0.4 is 0 Å². The van der Waals surface area contributed by atoms with Gasteiger partial charge in [-0.15, -0.1) is 0 Å². The van der Waals surface area contributed by atoms with E-state index in [2.05, 4.69) is 4.74 Å². The van der Waals surface area contributed by atoms with E-state index in [4.69, 9.17) is 0 Å². The van der Waals surface area contributed by atoms with Gasteiger partial charge in [-0.05, 0) is 30.7 Å². The highest BCUT2D eigenvalue weighted by Gasteiger charge is 2.39. The van der Waals surface area contributed by atoms with Crippen LogP contribution in [0.4, 0.5) is 4.39 Å². The Kier molecular flexibility index (Phi) is 4.04. The first-order valence-corrected chi connectivity index (χ1v) is 6.27. The summed E-state index contributed by atoms with van der Waals surface area (Å²) in [7, 11) is 1.23. The molecule has 1 amide bonds. The van der Waals surface area contributed by atoms with Crippen LogP contribution in [-0.4, -0.2) is 47.7 Å². The molecule has 0 saturated carbocycles. The topological polar surface area (TPSA) is 66.8 Å². The Morgan fingerprint density at radius 2 is 2.15 bits per heavy atom. The quantitative estimate of drug-likeness (QED) is 0.817. The van der Waals surface area contributed by atoms with Gasteiger partial charge in [-0.3, -0.25) is 4.79 Å². The van der Waals surface area contributed by atoms with Crippen molar-refractivity contribution in [2.24, 2.45) is 0 Å². The summed E-state index contributed by atoms with van der Waals surface area (Å²) >= 11 is 0. The number of amides is 1. The van der Waals surface area contributed by atoms with Crippen molar-refractivity contribution in [2.75, 3.05) is 13.7 Å². The number of aliphatic hydroxyl groups is 1. The van der Waals surface area contributed by atoms with Crippen molar-refractivity contribution < 1.29 is 23.8 Å². The van der Waals surface area contributed by atoms with E-state index < -0.39 is 29.8 Å². The normalized spacial score (nSPS) is 21.9. The minimum absolute atomic E-state index is 0.0645. The van der Waals surface area contributed by atoms with E-state index in [1.807, 2.05) is 0 Å². The maximum atomic E-state index is 13.2. The van der Waals surface area contributed by atoms with E-state index in [1.54, 1.807) is 6.92 Å². The van der Waals surface area contributed by atoms with Crippen molar-refractivity contribution in [3.05, 3.63) is 35.1 Å². The summed E-state index contributed by atoms with van der Waals surface area (Å²) < 4.78 is 17.9. The third-order valence-corrected chi connectivity index (χ3v) is 3.42. The highest BCUT2D eigenvalue weighted by atomic mass is 19.1. The molecule has 0 spiro atoms. The lowest BCUT2D eigenvalue weighted by Crippen LogP contribution is -2.41. The number of carbonyl (C=O) groups is 2. The lowest BCUT2D eigenvalue weighted by atomic mass is 10.1. The van der Waals surface area contributed by atoms with E-state index >= 15 is 0 Å². The van der Waals surface area contributed by atoms with Gasteiger partial charge in [0.05, 0.1) is 13.2 Å². The molecule has 1 saturated heterocycles. The second kappa shape index (κ2) is 5.58. The van der Waals surface area contributed by atoms with Crippen LogP contribution in [-0.2, 0) is 9.53 Å². The molecule has 0 radical (unpaired) electrons. The average molecular weight is 281 g/mol. The van der Waals surface area contributed by atoms with Gasteiger partial charge in [0.25, 0.3) is 5.91 Å². The summed E-state index contributed by atoms with van der Waals surface area (Å²) in [5.41, 5.74) is 0.636. The maximum absolute atomic E-state index is 13.2. The number of likely N-dealkylation sites (tertiary alicyclic amines) is 1. The number of ether oxygens (including phenoxy) is 1. The predicted octanol–water partition coefficient (Wildman–Crippen LogP) is 0.883. The first-order chi connectivity index (χ1) is 9.43. The van der Waals surface area contributed by atoms with Crippen LogP contribution in [0.2, 0.25) is 0 Å².